The maximum Gasteiger partial charge on any atom is 0.384 e. The first-order chi connectivity index (χ1) is 7.67. The third-order valence-corrected chi connectivity index (χ3v) is 1.80. The average molecular weight is 222 g/mol. The lowest BCUT2D eigenvalue weighted by Crippen LogP contribution is -1.99. The molecule has 0 bridgehead atoms. The van der Waals surface area contributed by atoms with Crippen LogP contribution in [0.5, 0.6) is 0 Å². The van der Waals surface area contributed by atoms with Crippen molar-refractivity contribution in [1.29, 1.82) is 0 Å². The van der Waals surface area contributed by atoms with E-state index in [1.54, 1.807) is 6.92 Å². The fourth-order valence-corrected chi connectivity index (χ4v) is 1.06. The summed E-state index contributed by atoms with van der Waals surface area (Å²) in [6, 6.07) is 4.02. The van der Waals surface area contributed by atoms with Crippen molar-refractivity contribution in [2.75, 3.05) is 6.61 Å². The van der Waals surface area contributed by atoms with E-state index in [0.29, 0.717) is 5.56 Å². The predicted octanol–water partition coefficient (Wildman–Crippen LogP) is 1.23. The second-order valence-corrected chi connectivity index (χ2v) is 2.93. The molecule has 0 aliphatic heterocycles. The van der Waals surface area contributed by atoms with Crippen LogP contribution in [0.2, 0.25) is 0 Å². The highest BCUT2D eigenvalue weighted by molar-refractivity contribution is 5.89. The minimum absolute atomic E-state index is 0.149. The van der Waals surface area contributed by atoms with Gasteiger partial charge in [0.05, 0.1) is 13.2 Å². The Kier molecular flexibility index (Phi) is 4.49. The highest BCUT2D eigenvalue weighted by atomic mass is 19.1. The van der Waals surface area contributed by atoms with E-state index in [9.17, 15) is 9.18 Å². The minimum atomic E-state index is -0.627. The molecule has 0 atom stereocenters. The van der Waals surface area contributed by atoms with Gasteiger partial charge in [0.2, 0.25) is 0 Å². The van der Waals surface area contributed by atoms with Crippen molar-refractivity contribution in [2.45, 2.75) is 13.5 Å². The summed E-state index contributed by atoms with van der Waals surface area (Å²) in [6.07, 6.45) is 0. The summed E-state index contributed by atoms with van der Waals surface area (Å²) in [5, 5.41) is 8.82. The molecule has 1 rings (SSSR count). The van der Waals surface area contributed by atoms with E-state index in [1.165, 1.54) is 18.2 Å². The fraction of sp³-hybridized carbons (Fsp3) is 0.250. The third-order valence-electron chi connectivity index (χ3n) is 1.80. The van der Waals surface area contributed by atoms with Gasteiger partial charge in [0.25, 0.3) is 0 Å². The van der Waals surface area contributed by atoms with Crippen molar-refractivity contribution in [3.8, 4) is 11.8 Å². The van der Waals surface area contributed by atoms with E-state index in [2.05, 4.69) is 16.6 Å². The van der Waals surface area contributed by atoms with Gasteiger partial charge in [0, 0.05) is 17.0 Å². The van der Waals surface area contributed by atoms with E-state index >= 15 is 0 Å². The van der Waals surface area contributed by atoms with Crippen molar-refractivity contribution in [3.63, 3.8) is 0 Å². The molecule has 0 aliphatic rings. The molecule has 16 heavy (non-hydrogen) atoms. The number of halogens is 1. The third kappa shape index (κ3) is 3.37. The Morgan fingerprint density at radius 1 is 1.56 bits per heavy atom. The molecule has 0 saturated carbocycles. The van der Waals surface area contributed by atoms with E-state index in [4.69, 9.17) is 5.11 Å². The molecule has 84 valence electrons. The van der Waals surface area contributed by atoms with Gasteiger partial charge in [-0.2, -0.15) is 0 Å². The van der Waals surface area contributed by atoms with Gasteiger partial charge in [0.1, 0.15) is 5.82 Å². The number of carbonyl (C=O) groups is 1. The molecule has 4 heteroatoms. The van der Waals surface area contributed by atoms with Crippen molar-refractivity contribution in [2.24, 2.45) is 0 Å². The summed E-state index contributed by atoms with van der Waals surface area (Å²) in [6.45, 7) is 1.54. The zero-order valence-electron chi connectivity index (χ0n) is 8.79. The maximum atomic E-state index is 13.0. The Bertz CT molecular complexity index is 443. The van der Waals surface area contributed by atoms with Gasteiger partial charge >= 0.3 is 5.97 Å². The van der Waals surface area contributed by atoms with Crippen LogP contribution in [0, 0.1) is 17.7 Å². The lowest BCUT2D eigenvalue weighted by Gasteiger charge is -1.98. The number of carbonyl (C=O) groups excluding carboxylic acids is 1. The molecule has 0 radical (unpaired) electrons. The van der Waals surface area contributed by atoms with Crippen LogP contribution >= 0.6 is 0 Å². The molecule has 0 aliphatic carbocycles. The van der Waals surface area contributed by atoms with Gasteiger partial charge in [-0.25, -0.2) is 9.18 Å². The Morgan fingerprint density at radius 3 is 2.94 bits per heavy atom. The fourth-order valence-electron chi connectivity index (χ4n) is 1.06. The number of aliphatic hydroxyl groups is 1. The van der Waals surface area contributed by atoms with Crippen molar-refractivity contribution < 1.29 is 19.0 Å². The molecule has 0 aromatic heterocycles. The first-order valence-electron chi connectivity index (χ1n) is 4.75. The zero-order chi connectivity index (χ0) is 12.0. The van der Waals surface area contributed by atoms with E-state index < -0.39 is 18.4 Å². The van der Waals surface area contributed by atoms with Crippen LogP contribution in [0.3, 0.4) is 0 Å². The summed E-state index contributed by atoms with van der Waals surface area (Å²) in [7, 11) is 0. The number of esters is 1. The van der Waals surface area contributed by atoms with Crippen molar-refractivity contribution >= 4 is 5.97 Å². The Morgan fingerprint density at radius 2 is 2.31 bits per heavy atom. The second-order valence-electron chi connectivity index (χ2n) is 2.93. The van der Waals surface area contributed by atoms with Crippen LogP contribution in [0.15, 0.2) is 18.2 Å². The number of hydrogen-bond donors (Lipinski definition) is 1. The Balaban J connectivity index is 2.85. The van der Waals surface area contributed by atoms with Crippen LogP contribution in [0.25, 0.3) is 0 Å². The van der Waals surface area contributed by atoms with Crippen LogP contribution in [-0.2, 0) is 16.1 Å². The standard InChI is InChI=1S/C12H11FO3/c1-2-16-12(15)6-4-9-3-5-11(13)10(7-9)8-14/h3,5,7,14H,2,8H2,1H3. The van der Waals surface area contributed by atoms with Gasteiger partial charge in [0.15, 0.2) is 0 Å². The first-order valence-corrected chi connectivity index (χ1v) is 4.75. The van der Waals surface area contributed by atoms with Crippen molar-refractivity contribution in [1.82, 2.24) is 0 Å². The molecule has 0 unspecified atom stereocenters. The van der Waals surface area contributed by atoms with E-state index in [1.807, 2.05) is 0 Å². The van der Waals surface area contributed by atoms with Crippen molar-refractivity contribution in [3.05, 3.63) is 35.1 Å². The topological polar surface area (TPSA) is 46.5 Å². The predicted molar refractivity (Wildman–Crippen MR) is 55.8 cm³/mol. The molecular formula is C12H11FO3. The molecule has 1 aromatic carbocycles. The molecule has 0 heterocycles. The van der Waals surface area contributed by atoms with Gasteiger partial charge < -0.3 is 9.84 Å². The largest absolute Gasteiger partial charge is 0.456 e. The number of aliphatic hydroxyl groups excluding tert-OH is 1. The van der Waals surface area contributed by atoms with Crippen LogP contribution in [0.1, 0.15) is 18.1 Å². The highest BCUT2D eigenvalue weighted by Gasteiger charge is 2.01. The molecule has 1 aromatic rings. The smallest absolute Gasteiger partial charge is 0.384 e. The van der Waals surface area contributed by atoms with E-state index in [-0.39, 0.29) is 12.2 Å². The summed E-state index contributed by atoms with van der Waals surface area (Å²) < 4.78 is 17.6. The Hall–Kier alpha value is -1.86. The SMILES string of the molecule is CCOC(=O)C#Cc1ccc(F)c(CO)c1. The minimum Gasteiger partial charge on any atom is -0.456 e. The summed E-state index contributed by atoms with van der Waals surface area (Å²) in [5.41, 5.74) is 0.606. The highest BCUT2D eigenvalue weighted by Crippen LogP contribution is 2.09. The molecule has 1 N–H and O–H groups in total. The summed E-state index contributed by atoms with van der Waals surface area (Å²) in [5.74, 6) is 3.66. The first kappa shape index (κ1) is 12.2. The number of benzene rings is 1. The second kappa shape index (κ2) is 5.89. The van der Waals surface area contributed by atoms with Gasteiger partial charge in [-0.1, -0.05) is 5.92 Å². The molecule has 0 spiro atoms. The molecular weight excluding hydrogens is 211 g/mol. The van der Waals surface area contributed by atoms with Crippen LogP contribution in [-0.4, -0.2) is 17.7 Å². The average Bonchev–Trinajstić information content (AvgIpc) is 2.28. The van der Waals surface area contributed by atoms with E-state index in [0.717, 1.165) is 0 Å². The van der Waals surface area contributed by atoms with Gasteiger partial charge in [-0.3, -0.25) is 0 Å². The number of hydrogen-bond acceptors (Lipinski definition) is 3. The van der Waals surface area contributed by atoms with Crippen LogP contribution < -0.4 is 0 Å². The monoisotopic (exact) mass is 222 g/mol. The lowest BCUT2D eigenvalue weighted by atomic mass is 10.1. The number of rotatable bonds is 2. The number of ether oxygens (including phenoxy) is 1. The van der Waals surface area contributed by atoms with Gasteiger partial charge in [-0.15, -0.1) is 0 Å². The molecule has 0 amide bonds. The normalized spacial score (nSPS) is 9.19. The Labute approximate surface area is 92.9 Å². The lowest BCUT2D eigenvalue weighted by molar-refractivity contribution is -0.136. The summed E-state index contributed by atoms with van der Waals surface area (Å²) in [4.78, 5) is 10.9. The maximum absolute atomic E-state index is 13.0. The molecule has 0 fully saturated rings. The zero-order valence-corrected chi connectivity index (χ0v) is 8.79. The molecule has 0 saturated heterocycles. The molecule has 3 nitrogen and oxygen atoms in total. The van der Waals surface area contributed by atoms with Gasteiger partial charge in [-0.05, 0) is 25.1 Å². The quantitative estimate of drug-likeness (QED) is 0.604. The van der Waals surface area contributed by atoms with Crippen LogP contribution in [0.4, 0.5) is 4.39 Å². The summed E-state index contributed by atoms with van der Waals surface area (Å²) >= 11 is 0.